The maximum absolute atomic E-state index is 11.9. The summed E-state index contributed by atoms with van der Waals surface area (Å²) in [5.41, 5.74) is 5.44. The van der Waals surface area contributed by atoms with Gasteiger partial charge in [0.15, 0.2) is 0 Å². The van der Waals surface area contributed by atoms with Crippen molar-refractivity contribution in [3.05, 3.63) is 0 Å². The third-order valence-electron chi connectivity index (χ3n) is 3.46. The SMILES string of the molecule is CN(CCCN)C(=O)CN1CCC(N(C)C)C1. The predicted molar refractivity (Wildman–Crippen MR) is 69.8 cm³/mol. The van der Waals surface area contributed by atoms with E-state index in [1.54, 1.807) is 4.90 Å². The number of carbonyl (C=O) groups is 1. The number of nitrogens with two attached hydrogens (primary N) is 1. The second kappa shape index (κ2) is 6.93. The first-order valence-corrected chi connectivity index (χ1v) is 6.37. The van der Waals surface area contributed by atoms with Crippen LogP contribution in [0.15, 0.2) is 0 Å². The van der Waals surface area contributed by atoms with Crippen molar-refractivity contribution < 1.29 is 4.79 Å². The summed E-state index contributed by atoms with van der Waals surface area (Å²) in [6.45, 7) is 3.98. The van der Waals surface area contributed by atoms with Gasteiger partial charge in [-0.1, -0.05) is 0 Å². The number of amides is 1. The Morgan fingerprint density at radius 1 is 1.41 bits per heavy atom. The zero-order chi connectivity index (χ0) is 12.8. The molecule has 5 heteroatoms. The Morgan fingerprint density at radius 3 is 2.65 bits per heavy atom. The zero-order valence-corrected chi connectivity index (χ0v) is 11.4. The van der Waals surface area contributed by atoms with E-state index in [-0.39, 0.29) is 5.91 Å². The molecule has 1 amide bonds. The molecular weight excluding hydrogens is 216 g/mol. The number of hydrogen-bond donors (Lipinski definition) is 1. The van der Waals surface area contributed by atoms with Crippen molar-refractivity contribution in [1.82, 2.24) is 14.7 Å². The molecule has 1 unspecified atom stereocenters. The number of likely N-dealkylation sites (tertiary alicyclic amines) is 1. The van der Waals surface area contributed by atoms with Crippen LogP contribution < -0.4 is 5.73 Å². The molecule has 0 radical (unpaired) electrons. The quantitative estimate of drug-likeness (QED) is 0.678. The van der Waals surface area contributed by atoms with Gasteiger partial charge in [0.25, 0.3) is 0 Å². The van der Waals surface area contributed by atoms with Gasteiger partial charge in [0.2, 0.25) is 5.91 Å². The maximum Gasteiger partial charge on any atom is 0.236 e. The molecule has 1 saturated heterocycles. The van der Waals surface area contributed by atoms with Crippen molar-refractivity contribution in [2.75, 3.05) is 53.9 Å². The molecule has 1 fully saturated rings. The fourth-order valence-electron chi connectivity index (χ4n) is 2.14. The Bertz CT molecular complexity index is 245. The number of nitrogens with zero attached hydrogens (tertiary/aromatic N) is 3. The summed E-state index contributed by atoms with van der Waals surface area (Å²) in [5.74, 6) is 0.206. The molecule has 0 aliphatic carbocycles. The lowest BCUT2D eigenvalue weighted by atomic mass is 10.2. The topological polar surface area (TPSA) is 52.8 Å². The maximum atomic E-state index is 11.9. The van der Waals surface area contributed by atoms with Crippen molar-refractivity contribution >= 4 is 5.91 Å². The van der Waals surface area contributed by atoms with E-state index in [1.807, 2.05) is 7.05 Å². The summed E-state index contributed by atoms with van der Waals surface area (Å²) in [5, 5.41) is 0. The summed E-state index contributed by atoms with van der Waals surface area (Å²) in [6, 6.07) is 0.595. The molecule has 0 bridgehead atoms. The van der Waals surface area contributed by atoms with E-state index in [4.69, 9.17) is 5.73 Å². The lowest BCUT2D eigenvalue weighted by Crippen LogP contribution is -2.39. The van der Waals surface area contributed by atoms with Crippen molar-refractivity contribution in [2.45, 2.75) is 18.9 Å². The van der Waals surface area contributed by atoms with Gasteiger partial charge in [0.05, 0.1) is 6.54 Å². The fourth-order valence-corrected chi connectivity index (χ4v) is 2.14. The van der Waals surface area contributed by atoms with E-state index >= 15 is 0 Å². The van der Waals surface area contributed by atoms with E-state index in [0.29, 0.717) is 19.1 Å². The van der Waals surface area contributed by atoms with Crippen molar-refractivity contribution in [3.8, 4) is 0 Å². The van der Waals surface area contributed by atoms with Crippen LogP contribution in [-0.2, 0) is 4.79 Å². The highest BCUT2D eigenvalue weighted by molar-refractivity contribution is 5.78. The normalized spacial score (nSPS) is 21.1. The van der Waals surface area contributed by atoms with Crippen LogP contribution in [0, 0.1) is 0 Å². The zero-order valence-electron chi connectivity index (χ0n) is 11.4. The standard InChI is InChI=1S/C12H26N4O/c1-14(2)11-5-8-16(9-11)10-12(17)15(3)7-4-6-13/h11H,4-10,13H2,1-3H3. The van der Waals surface area contributed by atoms with Crippen LogP contribution >= 0.6 is 0 Å². The molecule has 0 aromatic rings. The van der Waals surface area contributed by atoms with Gasteiger partial charge in [-0.25, -0.2) is 0 Å². The van der Waals surface area contributed by atoms with E-state index in [9.17, 15) is 4.79 Å². The van der Waals surface area contributed by atoms with Crippen molar-refractivity contribution in [1.29, 1.82) is 0 Å². The molecule has 0 spiro atoms. The second-order valence-corrected chi connectivity index (χ2v) is 5.10. The highest BCUT2D eigenvalue weighted by Gasteiger charge is 2.25. The summed E-state index contributed by atoms with van der Waals surface area (Å²) in [4.78, 5) is 18.2. The third kappa shape index (κ3) is 4.61. The minimum absolute atomic E-state index is 0.206. The van der Waals surface area contributed by atoms with Crippen molar-refractivity contribution in [3.63, 3.8) is 0 Å². The average molecular weight is 242 g/mol. The molecule has 0 aromatic carbocycles. The summed E-state index contributed by atoms with van der Waals surface area (Å²) >= 11 is 0. The fraction of sp³-hybridized carbons (Fsp3) is 0.917. The van der Waals surface area contributed by atoms with E-state index in [1.165, 1.54) is 0 Å². The van der Waals surface area contributed by atoms with Crippen LogP contribution in [0.1, 0.15) is 12.8 Å². The lowest BCUT2D eigenvalue weighted by Gasteiger charge is -2.22. The van der Waals surface area contributed by atoms with E-state index < -0.39 is 0 Å². The molecule has 5 nitrogen and oxygen atoms in total. The largest absolute Gasteiger partial charge is 0.345 e. The lowest BCUT2D eigenvalue weighted by molar-refractivity contribution is -0.130. The van der Waals surface area contributed by atoms with Gasteiger partial charge in [0.1, 0.15) is 0 Å². The minimum Gasteiger partial charge on any atom is -0.345 e. The molecule has 0 saturated carbocycles. The first-order valence-electron chi connectivity index (χ1n) is 6.37. The van der Waals surface area contributed by atoms with Crippen LogP contribution in [0.4, 0.5) is 0 Å². The summed E-state index contributed by atoms with van der Waals surface area (Å²) < 4.78 is 0. The molecule has 1 heterocycles. The van der Waals surface area contributed by atoms with Crippen LogP contribution in [0.5, 0.6) is 0 Å². The molecule has 1 aliphatic rings. The third-order valence-corrected chi connectivity index (χ3v) is 3.46. The number of hydrogen-bond acceptors (Lipinski definition) is 4. The Labute approximate surface area is 105 Å². The highest BCUT2D eigenvalue weighted by atomic mass is 16.2. The number of carbonyl (C=O) groups excluding carboxylic acids is 1. The molecule has 0 aromatic heterocycles. The molecule has 1 aliphatic heterocycles. The smallest absolute Gasteiger partial charge is 0.236 e. The van der Waals surface area contributed by atoms with Gasteiger partial charge in [-0.05, 0) is 33.5 Å². The highest BCUT2D eigenvalue weighted by Crippen LogP contribution is 2.12. The van der Waals surface area contributed by atoms with Gasteiger partial charge in [-0.2, -0.15) is 0 Å². The van der Waals surface area contributed by atoms with Gasteiger partial charge in [-0.3, -0.25) is 9.69 Å². The Morgan fingerprint density at radius 2 is 2.12 bits per heavy atom. The monoisotopic (exact) mass is 242 g/mol. The first kappa shape index (κ1) is 14.4. The van der Waals surface area contributed by atoms with E-state index in [2.05, 4.69) is 23.9 Å². The Kier molecular flexibility index (Phi) is 5.88. The second-order valence-electron chi connectivity index (χ2n) is 5.10. The molecule has 17 heavy (non-hydrogen) atoms. The molecule has 2 N–H and O–H groups in total. The molecular formula is C12H26N4O. The Balaban J connectivity index is 2.28. The molecule has 100 valence electrons. The van der Waals surface area contributed by atoms with Gasteiger partial charge >= 0.3 is 0 Å². The van der Waals surface area contributed by atoms with Gasteiger partial charge in [0, 0.05) is 32.7 Å². The van der Waals surface area contributed by atoms with Gasteiger partial charge < -0.3 is 15.5 Å². The van der Waals surface area contributed by atoms with Crippen LogP contribution in [0.3, 0.4) is 0 Å². The first-order chi connectivity index (χ1) is 8.04. The average Bonchev–Trinajstić information content (AvgIpc) is 2.74. The Hall–Kier alpha value is -0.650. The number of likely N-dealkylation sites (N-methyl/N-ethyl adjacent to an activating group) is 2. The molecule has 1 rings (SSSR count). The summed E-state index contributed by atoms with van der Waals surface area (Å²) in [7, 11) is 6.06. The minimum atomic E-state index is 0.206. The van der Waals surface area contributed by atoms with Crippen LogP contribution in [0.25, 0.3) is 0 Å². The van der Waals surface area contributed by atoms with Crippen LogP contribution in [-0.4, -0.2) is 80.5 Å². The van der Waals surface area contributed by atoms with Crippen molar-refractivity contribution in [2.24, 2.45) is 5.73 Å². The van der Waals surface area contributed by atoms with Gasteiger partial charge in [-0.15, -0.1) is 0 Å². The summed E-state index contributed by atoms with van der Waals surface area (Å²) in [6.07, 6.45) is 2.04. The predicted octanol–water partition coefficient (Wildman–Crippen LogP) is -0.570. The number of rotatable bonds is 6. The van der Waals surface area contributed by atoms with E-state index in [0.717, 1.165) is 32.5 Å². The molecule has 1 atom stereocenters. The van der Waals surface area contributed by atoms with Crippen LogP contribution in [0.2, 0.25) is 0 Å².